The maximum atomic E-state index is 12.5. The van der Waals surface area contributed by atoms with Gasteiger partial charge < -0.3 is 4.74 Å². The van der Waals surface area contributed by atoms with Crippen LogP contribution in [0.4, 0.5) is 0 Å². The highest BCUT2D eigenvalue weighted by Gasteiger charge is 2.26. The number of allylic oxidation sites excluding steroid dienone is 1. The van der Waals surface area contributed by atoms with Gasteiger partial charge in [0.1, 0.15) is 5.75 Å². The maximum Gasteiger partial charge on any atom is 0.256 e. The topological polar surface area (TPSA) is 46.6 Å². The van der Waals surface area contributed by atoms with Gasteiger partial charge in [-0.05, 0) is 61.4 Å². The average molecular weight is 341 g/mol. The quantitative estimate of drug-likeness (QED) is 0.776. The average Bonchev–Trinajstić information content (AvgIpc) is 2.57. The molecular weight excluding hydrogens is 314 g/mol. The van der Waals surface area contributed by atoms with Gasteiger partial charge in [0.05, 0.1) is 7.11 Å². The van der Waals surface area contributed by atoms with Crippen molar-refractivity contribution in [3.8, 4) is 5.75 Å². The molecule has 0 spiro atoms. The molecule has 4 heteroatoms. The van der Waals surface area contributed by atoms with Crippen LogP contribution < -0.4 is 4.74 Å². The molecule has 1 aromatic carbocycles. The van der Waals surface area contributed by atoms with E-state index in [1.807, 2.05) is 45.9 Å². The van der Waals surface area contributed by atoms with Crippen molar-refractivity contribution < 1.29 is 14.3 Å². The van der Waals surface area contributed by atoms with Crippen LogP contribution in [0.25, 0.3) is 6.08 Å². The first kappa shape index (κ1) is 19.0. The molecule has 4 nitrogen and oxygen atoms in total. The first-order valence-corrected chi connectivity index (χ1v) is 8.73. The Hall–Kier alpha value is -2.36. The second-order valence-corrected chi connectivity index (χ2v) is 6.83. The zero-order chi connectivity index (χ0) is 18.6. The third-order valence-corrected chi connectivity index (χ3v) is 4.43. The third-order valence-electron chi connectivity index (χ3n) is 4.43. The SMILES string of the molecule is COc1cc(/C=C/C(=O)N2CCC/C(=C\C(C)C)C2=O)cc(C)c1C. The largest absolute Gasteiger partial charge is 0.496 e. The second kappa shape index (κ2) is 8.15. The van der Waals surface area contributed by atoms with Crippen molar-refractivity contribution in [3.63, 3.8) is 0 Å². The number of carbonyl (C=O) groups excluding carboxylic acids is 2. The smallest absolute Gasteiger partial charge is 0.256 e. The van der Waals surface area contributed by atoms with Gasteiger partial charge in [-0.15, -0.1) is 0 Å². The minimum atomic E-state index is -0.267. The van der Waals surface area contributed by atoms with E-state index < -0.39 is 0 Å². The Kier molecular flexibility index (Phi) is 6.18. The molecule has 1 aliphatic rings. The summed E-state index contributed by atoms with van der Waals surface area (Å²) in [5.74, 6) is 0.666. The van der Waals surface area contributed by atoms with Gasteiger partial charge in [-0.2, -0.15) is 0 Å². The predicted octanol–water partition coefficient (Wildman–Crippen LogP) is 4.06. The molecule has 1 fully saturated rings. The number of likely N-dealkylation sites (tertiary alicyclic amines) is 1. The fourth-order valence-electron chi connectivity index (χ4n) is 3.00. The Balaban J connectivity index is 2.17. The van der Waals surface area contributed by atoms with Crippen molar-refractivity contribution in [2.45, 2.75) is 40.5 Å². The monoisotopic (exact) mass is 341 g/mol. The van der Waals surface area contributed by atoms with Crippen LogP contribution in [0.15, 0.2) is 29.9 Å². The van der Waals surface area contributed by atoms with E-state index in [0.717, 1.165) is 40.9 Å². The van der Waals surface area contributed by atoms with Crippen LogP contribution in [0.2, 0.25) is 0 Å². The Bertz CT molecular complexity index is 729. The molecule has 0 saturated carbocycles. The first-order chi connectivity index (χ1) is 11.8. The predicted molar refractivity (Wildman–Crippen MR) is 100 cm³/mol. The summed E-state index contributed by atoms with van der Waals surface area (Å²) in [6.07, 6.45) is 6.74. The molecule has 134 valence electrons. The number of nitrogens with zero attached hydrogens (tertiary/aromatic N) is 1. The number of amides is 2. The van der Waals surface area contributed by atoms with Gasteiger partial charge in [0.2, 0.25) is 0 Å². The zero-order valence-corrected chi connectivity index (χ0v) is 15.8. The summed E-state index contributed by atoms with van der Waals surface area (Å²) in [6.45, 7) is 8.56. The molecule has 2 rings (SSSR count). The molecule has 1 aromatic rings. The fraction of sp³-hybridized carbons (Fsp3) is 0.429. The summed E-state index contributed by atoms with van der Waals surface area (Å²) in [5.41, 5.74) is 3.81. The van der Waals surface area contributed by atoms with Crippen LogP contribution in [-0.2, 0) is 9.59 Å². The minimum Gasteiger partial charge on any atom is -0.496 e. The molecule has 0 unspecified atom stereocenters. The highest BCUT2D eigenvalue weighted by Crippen LogP contribution is 2.24. The molecule has 1 saturated heterocycles. The number of benzene rings is 1. The van der Waals surface area contributed by atoms with Crippen LogP contribution in [0.1, 0.15) is 43.4 Å². The number of hydrogen-bond donors (Lipinski definition) is 0. The van der Waals surface area contributed by atoms with Gasteiger partial charge >= 0.3 is 0 Å². The van der Waals surface area contributed by atoms with E-state index in [2.05, 4.69) is 0 Å². The molecule has 1 aliphatic heterocycles. The van der Waals surface area contributed by atoms with Crippen molar-refractivity contribution in [1.82, 2.24) is 4.90 Å². The van der Waals surface area contributed by atoms with Crippen molar-refractivity contribution in [2.75, 3.05) is 13.7 Å². The Morgan fingerprint density at radius 2 is 2.00 bits per heavy atom. The lowest BCUT2D eigenvalue weighted by Gasteiger charge is -2.26. The van der Waals surface area contributed by atoms with E-state index >= 15 is 0 Å². The lowest BCUT2D eigenvalue weighted by atomic mass is 9.99. The van der Waals surface area contributed by atoms with Gasteiger partial charge in [-0.3, -0.25) is 14.5 Å². The lowest BCUT2D eigenvalue weighted by molar-refractivity contribution is -0.140. The van der Waals surface area contributed by atoms with Crippen molar-refractivity contribution in [1.29, 1.82) is 0 Å². The van der Waals surface area contributed by atoms with E-state index in [1.165, 1.54) is 11.0 Å². The molecular formula is C21H27NO3. The fourth-order valence-corrected chi connectivity index (χ4v) is 3.00. The minimum absolute atomic E-state index is 0.160. The van der Waals surface area contributed by atoms with E-state index in [0.29, 0.717) is 12.5 Å². The first-order valence-electron chi connectivity index (χ1n) is 8.73. The van der Waals surface area contributed by atoms with Crippen LogP contribution in [0.5, 0.6) is 5.75 Å². The van der Waals surface area contributed by atoms with Crippen LogP contribution in [-0.4, -0.2) is 30.4 Å². The highest BCUT2D eigenvalue weighted by molar-refractivity contribution is 6.09. The molecule has 0 radical (unpaired) electrons. The molecule has 2 amide bonds. The van der Waals surface area contributed by atoms with E-state index in [1.54, 1.807) is 13.2 Å². The van der Waals surface area contributed by atoms with E-state index in [-0.39, 0.29) is 11.8 Å². The normalized spacial score (nSPS) is 17.0. The van der Waals surface area contributed by atoms with Crippen LogP contribution >= 0.6 is 0 Å². The maximum absolute atomic E-state index is 12.5. The zero-order valence-electron chi connectivity index (χ0n) is 15.8. The summed E-state index contributed by atoms with van der Waals surface area (Å²) in [7, 11) is 1.63. The molecule has 0 atom stereocenters. The lowest BCUT2D eigenvalue weighted by Crippen LogP contribution is -2.40. The van der Waals surface area contributed by atoms with E-state index in [9.17, 15) is 9.59 Å². The Labute approximate surface area is 150 Å². The number of hydrogen-bond acceptors (Lipinski definition) is 3. The molecule has 0 N–H and O–H groups in total. The van der Waals surface area contributed by atoms with Crippen LogP contribution in [0.3, 0.4) is 0 Å². The number of methoxy groups -OCH3 is 1. The number of carbonyl (C=O) groups is 2. The third kappa shape index (κ3) is 4.59. The van der Waals surface area contributed by atoms with Gasteiger partial charge in [0.25, 0.3) is 11.8 Å². The van der Waals surface area contributed by atoms with Gasteiger partial charge in [-0.1, -0.05) is 26.0 Å². The summed E-state index contributed by atoms with van der Waals surface area (Å²) >= 11 is 0. The number of rotatable bonds is 4. The number of imide groups is 1. The second-order valence-electron chi connectivity index (χ2n) is 6.83. The molecule has 25 heavy (non-hydrogen) atoms. The van der Waals surface area contributed by atoms with Gasteiger partial charge in [-0.25, -0.2) is 0 Å². The van der Waals surface area contributed by atoms with Gasteiger partial charge in [0, 0.05) is 18.2 Å². The number of aryl methyl sites for hydroxylation is 1. The summed E-state index contributed by atoms with van der Waals surface area (Å²) in [6, 6.07) is 3.90. The molecule has 0 bridgehead atoms. The van der Waals surface area contributed by atoms with Crippen LogP contribution in [0, 0.1) is 19.8 Å². The molecule has 0 aromatic heterocycles. The van der Waals surface area contributed by atoms with Crippen molar-refractivity contribution in [3.05, 3.63) is 46.5 Å². The van der Waals surface area contributed by atoms with Crippen molar-refractivity contribution >= 4 is 17.9 Å². The Morgan fingerprint density at radius 3 is 2.64 bits per heavy atom. The van der Waals surface area contributed by atoms with Gasteiger partial charge in [0.15, 0.2) is 0 Å². The van der Waals surface area contributed by atoms with Crippen molar-refractivity contribution in [2.24, 2.45) is 5.92 Å². The standard InChI is InChI=1S/C21H27NO3/c1-14(2)11-18-7-6-10-22(21(18)24)20(23)9-8-17-12-15(3)16(4)19(13-17)25-5/h8-9,11-14H,6-7,10H2,1-5H3/b9-8+,18-11+. The number of piperidine rings is 1. The highest BCUT2D eigenvalue weighted by atomic mass is 16.5. The Morgan fingerprint density at radius 1 is 1.28 bits per heavy atom. The summed E-state index contributed by atoms with van der Waals surface area (Å²) in [5, 5.41) is 0. The summed E-state index contributed by atoms with van der Waals surface area (Å²) < 4.78 is 5.37. The molecule has 1 heterocycles. The van der Waals surface area contributed by atoms with E-state index in [4.69, 9.17) is 4.74 Å². The molecule has 0 aliphatic carbocycles. The number of ether oxygens (including phenoxy) is 1. The summed E-state index contributed by atoms with van der Waals surface area (Å²) in [4.78, 5) is 26.3.